The third-order valence-electron chi connectivity index (χ3n) is 8.10. The van der Waals surface area contributed by atoms with Crippen molar-refractivity contribution in [2.24, 2.45) is 5.41 Å². The lowest BCUT2D eigenvalue weighted by atomic mass is 9.68. The van der Waals surface area contributed by atoms with Crippen molar-refractivity contribution in [1.29, 1.82) is 0 Å². The molecule has 3 aromatic carbocycles. The fourth-order valence-corrected chi connectivity index (χ4v) is 5.75. The van der Waals surface area contributed by atoms with Crippen molar-refractivity contribution in [2.75, 3.05) is 26.7 Å². The molecule has 3 N–H and O–H groups in total. The number of fused-ring (bicyclic) bond motifs is 3. The highest BCUT2D eigenvalue weighted by Gasteiger charge is 2.45. The number of alkyl carbamates (subject to hydrolysis) is 1. The van der Waals surface area contributed by atoms with Crippen LogP contribution in [0.1, 0.15) is 41.9 Å². The van der Waals surface area contributed by atoms with Gasteiger partial charge in [0.2, 0.25) is 5.91 Å². The fraction of sp³-hybridized carbons (Fsp3) is 0.344. The topological polar surface area (TPSA) is 108 Å². The molecule has 2 aliphatic rings. The number of carbonyl (C=O) groups is 3. The van der Waals surface area contributed by atoms with Crippen LogP contribution in [0.25, 0.3) is 11.1 Å². The quantitative estimate of drug-likeness (QED) is 0.332. The normalized spacial score (nSPS) is 15.8. The van der Waals surface area contributed by atoms with Crippen molar-refractivity contribution in [3.8, 4) is 11.1 Å². The summed E-state index contributed by atoms with van der Waals surface area (Å²) in [4.78, 5) is 39.8. The average Bonchev–Trinajstić information content (AvgIpc) is 3.25. The first-order valence-electron chi connectivity index (χ1n) is 13.7. The smallest absolute Gasteiger partial charge is 0.407 e. The molecule has 2 amide bonds. The molecule has 40 heavy (non-hydrogen) atoms. The summed E-state index contributed by atoms with van der Waals surface area (Å²) in [5.74, 6) is -1.49. The number of ether oxygens (including phenoxy) is 1. The Morgan fingerprint density at radius 3 is 2.12 bits per heavy atom. The number of likely N-dealkylation sites (N-methyl/N-ethyl adjacent to an activating group) is 1. The van der Waals surface area contributed by atoms with Crippen molar-refractivity contribution in [1.82, 2.24) is 15.5 Å². The zero-order valence-corrected chi connectivity index (χ0v) is 22.6. The standard InChI is InChI=1S/C32H35N3O5/c1-35(18-22-10-3-2-4-11-22)19-28(29(36)37)34-30(38)32(16-9-17-32)21-33-31(39)40-20-27-25-14-7-5-12-23(25)24-13-6-8-15-26(24)27/h2-8,10-15,27-28H,9,16-21H2,1H3,(H,33,39)(H,34,38)(H,36,37). The number of nitrogens with zero attached hydrogens (tertiary/aromatic N) is 1. The van der Waals surface area contributed by atoms with Crippen LogP contribution < -0.4 is 10.6 Å². The van der Waals surface area contributed by atoms with Gasteiger partial charge in [0.05, 0.1) is 5.41 Å². The van der Waals surface area contributed by atoms with E-state index in [1.807, 2.05) is 66.5 Å². The molecule has 1 saturated carbocycles. The molecule has 3 aromatic rings. The Hall–Kier alpha value is -4.17. The van der Waals surface area contributed by atoms with Crippen LogP contribution in [-0.4, -0.2) is 60.8 Å². The van der Waals surface area contributed by atoms with Gasteiger partial charge in [-0.3, -0.25) is 9.69 Å². The van der Waals surface area contributed by atoms with E-state index in [4.69, 9.17) is 4.74 Å². The largest absolute Gasteiger partial charge is 0.480 e. The molecule has 2 aliphatic carbocycles. The van der Waals surface area contributed by atoms with E-state index in [0.29, 0.717) is 19.4 Å². The van der Waals surface area contributed by atoms with Gasteiger partial charge in [-0.2, -0.15) is 0 Å². The Balaban J connectivity index is 1.15. The second-order valence-electron chi connectivity index (χ2n) is 10.9. The summed E-state index contributed by atoms with van der Waals surface area (Å²) in [6.07, 6.45) is 1.41. The summed E-state index contributed by atoms with van der Waals surface area (Å²) in [7, 11) is 1.83. The van der Waals surface area contributed by atoms with Crippen LogP contribution in [0.3, 0.4) is 0 Å². The first-order chi connectivity index (χ1) is 19.4. The second-order valence-corrected chi connectivity index (χ2v) is 10.9. The first kappa shape index (κ1) is 27.4. The number of hydrogen-bond donors (Lipinski definition) is 3. The van der Waals surface area contributed by atoms with Crippen LogP contribution in [0.15, 0.2) is 78.9 Å². The zero-order chi connectivity index (χ0) is 28.1. The number of carboxylic acid groups (broad SMARTS) is 1. The van der Waals surface area contributed by atoms with Crippen LogP contribution in [-0.2, 0) is 20.9 Å². The highest BCUT2D eigenvalue weighted by Crippen LogP contribution is 2.44. The summed E-state index contributed by atoms with van der Waals surface area (Å²) in [5, 5.41) is 15.3. The van der Waals surface area contributed by atoms with Gasteiger partial charge in [0.25, 0.3) is 0 Å². The highest BCUT2D eigenvalue weighted by molar-refractivity contribution is 5.89. The Morgan fingerprint density at radius 2 is 1.55 bits per heavy atom. The van der Waals surface area contributed by atoms with Crippen molar-refractivity contribution in [3.05, 3.63) is 95.6 Å². The van der Waals surface area contributed by atoms with E-state index in [1.165, 1.54) is 0 Å². The SMILES string of the molecule is CN(Cc1ccccc1)CC(NC(=O)C1(CNC(=O)OCC2c3ccccc3-c3ccccc32)CCC1)C(=O)O. The Morgan fingerprint density at radius 1 is 0.950 bits per heavy atom. The van der Waals surface area contributed by atoms with Crippen LogP contribution in [0.4, 0.5) is 4.79 Å². The Kier molecular flexibility index (Phi) is 8.16. The molecular weight excluding hydrogens is 506 g/mol. The van der Waals surface area contributed by atoms with E-state index in [9.17, 15) is 19.5 Å². The lowest BCUT2D eigenvalue weighted by Crippen LogP contribution is -2.57. The molecule has 5 rings (SSSR count). The van der Waals surface area contributed by atoms with Crippen LogP contribution in [0.5, 0.6) is 0 Å². The molecule has 0 aromatic heterocycles. The van der Waals surface area contributed by atoms with Gasteiger partial charge in [-0.05, 0) is 47.7 Å². The summed E-state index contributed by atoms with van der Waals surface area (Å²) in [6, 6.07) is 25.0. The molecule has 1 atom stereocenters. The predicted octanol–water partition coefficient (Wildman–Crippen LogP) is 4.40. The molecule has 0 spiro atoms. The Bertz CT molecular complexity index is 1330. The van der Waals surface area contributed by atoms with Gasteiger partial charge in [-0.15, -0.1) is 0 Å². The summed E-state index contributed by atoms with van der Waals surface area (Å²) in [5.41, 5.74) is 4.78. The molecule has 0 radical (unpaired) electrons. The van der Waals surface area contributed by atoms with E-state index in [0.717, 1.165) is 34.2 Å². The summed E-state index contributed by atoms with van der Waals surface area (Å²) >= 11 is 0. The van der Waals surface area contributed by atoms with Crippen LogP contribution in [0, 0.1) is 5.41 Å². The van der Waals surface area contributed by atoms with Crippen molar-refractivity contribution in [2.45, 2.75) is 37.8 Å². The monoisotopic (exact) mass is 541 g/mol. The molecule has 0 aliphatic heterocycles. The maximum absolute atomic E-state index is 13.3. The molecule has 1 unspecified atom stereocenters. The summed E-state index contributed by atoms with van der Waals surface area (Å²) < 4.78 is 5.63. The second kappa shape index (κ2) is 11.9. The number of rotatable bonds is 11. The number of carbonyl (C=O) groups excluding carboxylic acids is 2. The van der Waals surface area contributed by atoms with Crippen molar-refractivity contribution in [3.63, 3.8) is 0 Å². The van der Waals surface area contributed by atoms with Crippen molar-refractivity contribution < 1.29 is 24.2 Å². The van der Waals surface area contributed by atoms with Gasteiger partial charge in [-0.1, -0.05) is 85.3 Å². The first-order valence-corrected chi connectivity index (χ1v) is 13.7. The van der Waals surface area contributed by atoms with E-state index >= 15 is 0 Å². The van der Waals surface area contributed by atoms with E-state index in [2.05, 4.69) is 34.9 Å². The van der Waals surface area contributed by atoms with Gasteiger partial charge in [0, 0.05) is 25.6 Å². The number of carboxylic acids is 1. The Labute approximate surface area is 234 Å². The minimum Gasteiger partial charge on any atom is -0.480 e. The molecule has 0 saturated heterocycles. The molecule has 0 bridgehead atoms. The van der Waals surface area contributed by atoms with Crippen LogP contribution in [0.2, 0.25) is 0 Å². The predicted molar refractivity (Wildman–Crippen MR) is 152 cm³/mol. The number of nitrogens with one attached hydrogen (secondary N) is 2. The number of benzene rings is 3. The molecule has 208 valence electrons. The summed E-state index contributed by atoms with van der Waals surface area (Å²) in [6.45, 7) is 1.01. The maximum atomic E-state index is 13.3. The number of aliphatic carboxylic acids is 1. The molecular formula is C32H35N3O5. The number of amides is 2. The van der Waals surface area contributed by atoms with Gasteiger partial charge in [0.15, 0.2) is 0 Å². The lowest BCUT2D eigenvalue weighted by Gasteiger charge is -2.41. The fourth-order valence-electron chi connectivity index (χ4n) is 5.75. The van der Waals surface area contributed by atoms with E-state index in [-0.39, 0.29) is 31.5 Å². The average molecular weight is 542 g/mol. The van der Waals surface area contributed by atoms with E-state index in [1.54, 1.807) is 0 Å². The molecule has 0 heterocycles. The minimum atomic E-state index is -1.09. The van der Waals surface area contributed by atoms with Gasteiger partial charge < -0.3 is 20.5 Å². The van der Waals surface area contributed by atoms with Crippen LogP contribution >= 0.6 is 0 Å². The number of hydrogen-bond acceptors (Lipinski definition) is 5. The highest BCUT2D eigenvalue weighted by atomic mass is 16.5. The van der Waals surface area contributed by atoms with Gasteiger partial charge in [0.1, 0.15) is 12.6 Å². The third-order valence-corrected chi connectivity index (χ3v) is 8.10. The maximum Gasteiger partial charge on any atom is 0.407 e. The minimum absolute atomic E-state index is 0.0525. The van der Waals surface area contributed by atoms with Gasteiger partial charge >= 0.3 is 12.1 Å². The third kappa shape index (κ3) is 5.87. The van der Waals surface area contributed by atoms with Crippen molar-refractivity contribution >= 4 is 18.0 Å². The molecule has 1 fully saturated rings. The lowest BCUT2D eigenvalue weighted by molar-refractivity contribution is -0.146. The molecule has 8 nitrogen and oxygen atoms in total. The van der Waals surface area contributed by atoms with Gasteiger partial charge in [-0.25, -0.2) is 9.59 Å². The van der Waals surface area contributed by atoms with E-state index < -0.39 is 23.5 Å². The molecule has 8 heteroatoms. The zero-order valence-electron chi connectivity index (χ0n) is 22.6.